The Bertz CT molecular complexity index is 389. The molecule has 7 heteroatoms. The molecule has 0 saturated carbocycles. The molecule has 0 fully saturated rings. The van der Waals surface area contributed by atoms with Gasteiger partial charge in [-0.2, -0.15) is 0 Å². The number of rotatable bonds is 9. The molecule has 0 bridgehead atoms. The van der Waals surface area contributed by atoms with E-state index in [1.54, 1.807) is 0 Å². The van der Waals surface area contributed by atoms with Gasteiger partial charge in [-0.1, -0.05) is 0 Å². The number of hydrogen-bond acceptors (Lipinski definition) is 3. The molecule has 0 saturated heterocycles. The van der Waals surface area contributed by atoms with Gasteiger partial charge in [-0.3, -0.25) is 0 Å². The van der Waals surface area contributed by atoms with Gasteiger partial charge in [0.2, 0.25) is 0 Å². The predicted octanol–water partition coefficient (Wildman–Crippen LogP) is 2.52. The topological polar surface area (TPSA) is 27.7 Å². The van der Waals surface area contributed by atoms with Crippen LogP contribution in [0.3, 0.4) is 0 Å². The van der Waals surface area contributed by atoms with Gasteiger partial charge in [0.25, 0.3) is 6.48 Å². The third-order valence-electron chi connectivity index (χ3n) is 2.51. The van der Waals surface area contributed by atoms with Gasteiger partial charge in [0.15, 0.2) is 27.2 Å². The van der Waals surface area contributed by atoms with Crippen LogP contribution in [0.1, 0.15) is 19.4 Å². The van der Waals surface area contributed by atoms with E-state index >= 15 is 0 Å². The zero-order valence-electron chi connectivity index (χ0n) is 11.6. The van der Waals surface area contributed by atoms with Gasteiger partial charge in [-0.25, -0.2) is 13.2 Å². The van der Waals surface area contributed by atoms with Gasteiger partial charge in [0.05, 0.1) is 0 Å². The molecule has 114 valence electrons. The van der Waals surface area contributed by atoms with Gasteiger partial charge in [-0.05, 0) is 44.0 Å². The first-order chi connectivity index (χ1) is 9.58. The molecule has 0 atom stereocenters. The van der Waals surface area contributed by atoms with Crippen LogP contribution in [0.25, 0.3) is 0 Å². The highest BCUT2D eigenvalue weighted by Gasteiger charge is 2.11. The van der Waals surface area contributed by atoms with Gasteiger partial charge in [0, 0.05) is 13.2 Å². The second-order valence-corrected chi connectivity index (χ2v) is 5.50. The highest BCUT2D eigenvalue weighted by molar-refractivity contribution is 6.27. The molecule has 1 aromatic carbocycles. The third kappa shape index (κ3) is 5.62. The van der Waals surface area contributed by atoms with Crippen LogP contribution in [-0.4, -0.2) is 29.5 Å². The SMILES string of the molecule is CCOC(OCC)O[SiH2]CCc1cc(F)c(F)c(F)c1. The molecule has 0 heterocycles. The molecule has 1 rings (SSSR count). The molecule has 3 nitrogen and oxygen atoms in total. The van der Waals surface area contributed by atoms with Crippen LogP contribution in [0.5, 0.6) is 0 Å². The lowest BCUT2D eigenvalue weighted by atomic mass is 10.1. The van der Waals surface area contributed by atoms with E-state index in [0.717, 1.165) is 12.1 Å². The summed E-state index contributed by atoms with van der Waals surface area (Å²) in [7, 11) is -0.943. The average Bonchev–Trinajstić information content (AvgIpc) is 2.41. The first kappa shape index (κ1) is 17.2. The van der Waals surface area contributed by atoms with E-state index < -0.39 is 33.7 Å². The molecule has 0 N–H and O–H groups in total. The number of ether oxygens (including phenoxy) is 2. The van der Waals surface area contributed by atoms with Crippen LogP contribution >= 0.6 is 0 Å². The molecule has 0 aliphatic rings. The minimum Gasteiger partial charge on any atom is -0.379 e. The second kappa shape index (κ2) is 9.12. The summed E-state index contributed by atoms with van der Waals surface area (Å²) in [5.74, 6) is -3.76. The van der Waals surface area contributed by atoms with Crippen LogP contribution < -0.4 is 0 Å². The van der Waals surface area contributed by atoms with Crippen molar-refractivity contribution < 1.29 is 27.1 Å². The van der Waals surface area contributed by atoms with Crippen LogP contribution in [0.2, 0.25) is 6.04 Å². The summed E-state index contributed by atoms with van der Waals surface area (Å²) in [5, 5.41) is 0. The van der Waals surface area contributed by atoms with Crippen molar-refractivity contribution >= 4 is 9.76 Å². The van der Waals surface area contributed by atoms with Gasteiger partial charge >= 0.3 is 0 Å². The number of halogens is 3. The average molecular weight is 308 g/mol. The Morgan fingerprint density at radius 1 is 1.05 bits per heavy atom. The van der Waals surface area contributed by atoms with E-state index in [4.69, 9.17) is 13.9 Å². The monoisotopic (exact) mass is 308 g/mol. The Hall–Kier alpha value is -0.893. The summed E-state index contributed by atoms with van der Waals surface area (Å²) in [6.07, 6.45) is 0.436. The fraction of sp³-hybridized carbons (Fsp3) is 0.538. The smallest absolute Gasteiger partial charge is 0.261 e. The van der Waals surface area contributed by atoms with Gasteiger partial charge < -0.3 is 13.9 Å². The molecular weight excluding hydrogens is 289 g/mol. The highest BCUT2D eigenvalue weighted by atomic mass is 28.2. The number of benzene rings is 1. The van der Waals surface area contributed by atoms with E-state index in [1.165, 1.54) is 0 Å². The van der Waals surface area contributed by atoms with Crippen molar-refractivity contribution in [2.24, 2.45) is 0 Å². The Balaban J connectivity index is 2.37. The van der Waals surface area contributed by atoms with Crippen LogP contribution in [0.4, 0.5) is 13.2 Å². The maximum absolute atomic E-state index is 13.0. The standard InChI is InChI=1S/C13H19F3O3Si/c1-3-17-13(18-4-2)19-20-6-5-9-7-10(14)12(16)11(15)8-9/h7-8,13H,3-6,20H2,1-2H3. The lowest BCUT2D eigenvalue weighted by molar-refractivity contribution is -0.243. The fourth-order valence-electron chi connectivity index (χ4n) is 1.62. The van der Waals surface area contributed by atoms with Gasteiger partial charge in [0.1, 0.15) is 0 Å². The van der Waals surface area contributed by atoms with E-state index in [0.29, 0.717) is 31.2 Å². The number of aryl methyl sites for hydroxylation is 1. The molecule has 1 aromatic rings. The van der Waals surface area contributed by atoms with Crippen molar-refractivity contribution in [3.05, 3.63) is 35.1 Å². The third-order valence-corrected chi connectivity index (χ3v) is 3.66. The summed E-state index contributed by atoms with van der Waals surface area (Å²) < 4.78 is 54.7. The predicted molar refractivity (Wildman–Crippen MR) is 71.5 cm³/mol. The Labute approximate surface area is 119 Å². The van der Waals surface area contributed by atoms with E-state index in [9.17, 15) is 13.2 Å². The summed E-state index contributed by atoms with van der Waals surface area (Å²) in [5.41, 5.74) is 0.418. The van der Waals surface area contributed by atoms with Crippen molar-refractivity contribution in [3.8, 4) is 0 Å². The van der Waals surface area contributed by atoms with E-state index in [2.05, 4.69) is 0 Å². The summed E-state index contributed by atoms with van der Waals surface area (Å²) in [6, 6.07) is 2.67. The van der Waals surface area contributed by atoms with Crippen molar-refractivity contribution in [1.29, 1.82) is 0 Å². The van der Waals surface area contributed by atoms with Crippen molar-refractivity contribution in [1.82, 2.24) is 0 Å². The summed E-state index contributed by atoms with van der Waals surface area (Å²) in [4.78, 5) is 0. The minimum absolute atomic E-state index is 0.418. The molecule has 0 amide bonds. The zero-order valence-corrected chi connectivity index (χ0v) is 13.0. The van der Waals surface area contributed by atoms with Crippen LogP contribution in [-0.2, 0) is 20.3 Å². The number of hydrogen-bond donors (Lipinski definition) is 0. The van der Waals surface area contributed by atoms with Crippen LogP contribution in [0.15, 0.2) is 12.1 Å². The van der Waals surface area contributed by atoms with Crippen molar-refractivity contribution in [3.63, 3.8) is 0 Å². The lowest BCUT2D eigenvalue weighted by Gasteiger charge is -2.17. The molecule has 20 heavy (non-hydrogen) atoms. The molecule has 0 aliphatic heterocycles. The first-order valence-corrected chi connectivity index (χ1v) is 8.14. The molecule has 0 unspecified atom stereocenters. The van der Waals surface area contributed by atoms with E-state index in [-0.39, 0.29) is 0 Å². The van der Waals surface area contributed by atoms with Crippen molar-refractivity contribution in [2.45, 2.75) is 32.8 Å². The first-order valence-electron chi connectivity index (χ1n) is 6.56. The van der Waals surface area contributed by atoms with E-state index in [1.807, 2.05) is 13.8 Å². The summed E-state index contributed by atoms with van der Waals surface area (Å²) >= 11 is 0. The Morgan fingerprint density at radius 2 is 1.60 bits per heavy atom. The zero-order chi connectivity index (χ0) is 15.0. The van der Waals surface area contributed by atoms with Crippen molar-refractivity contribution in [2.75, 3.05) is 13.2 Å². The maximum atomic E-state index is 13.0. The molecule has 0 spiro atoms. The quantitative estimate of drug-likeness (QED) is 0.304. The maximum Gasteiger partial charge on any atom is 0.261 e. The molecule has 0 aliphatic carbocycles. The Morgan fingerprint density at radius 3 is 2.10 bits per heavy atom. The Kier molecular flexibility index (Phi) is 7.82. The summed E-state index contributed by atoms with van der Waals surface area (Å²) in [6.45, 7) is 3.96. The second-order valence-electron chi connectivity index (χ2n) is 4.05. The molecule has 0 aromatic heterocycles. The van der Waals surface area contributed by atoms with Crippen LogP contribution in [0, 0.1) is 17.5 Å². The van der Waals surface area contributed by atoms with Gasteiger partial charge in [-0.15, -0.1) is 0 Å². The molecular formula is C13H19F3O3Si. The fourth-order valence-corrected chi connectivity index (χ4v) is 2.73. The minimum atomic E-state index is -1.44. The lowest BCUT2D eigenvalue weighted by Crippen LogP contribution is -2.23. The normalized spacial score (nSPS) is 11.9. The largest absolute Gasteiger partial charge is 0.379 e. The molecule has 0 radical (unpaired) electrons. The highest BCUT2D eigenvalue weighted by Crippen LogP contribution is 2.15.